The van der Waals surface area contributed by atoms with E-state index in [0.29, 0.717) is 18.5 Å². The molecule has 0 radical (unpaired) electrons. The molecule has 0 amide bonds. The van der Waals surface area contributed by atoms with Crippen molar-refractivity contribution in [3.8, 4) is 5.75 Å². The fourth-order valence-corrected chi connectivity index (χ4v) is 2.14. The molecule has 7 heteroatoms. The third kappa shape index (κ3) is 6.17. The monoisotopic (exact) mass is 423 g/mol. The number of aliphatic imine (C=N–C) groups is 1. The van der Waals surface area contributed by atoms with E-state index < -0.39 is 6.61 Å². The van der Waals surface area contributed by atoms with Crippen molar-refractivity contribution in [2.75, 3.05) is 7.05 Å². The Kier molecular flexibility index (Phi) is 8.15. The predicted molar refractivity (Wildman–Crippen MR) is 94.0 cm³/mol. The van der Waals surface area contributed by atoms with Crippen molar-refractivity contribution < 1.29 is 13.5 Å². The number of hydrogen-bond donors (Lipinski definition) is 2. The van der Waals surface area contributed by atoms with Gasteiger partial charge in [0.1, 0.15) is 5.75 Å². The first-order chi connectivity index (χ1) is 10.2. The van der Waals surface area contributed by atoms with Crippen molar-refractivity contribution in [2.45, 2.75) is 32.0 Å². The number of guanidine groups is 1. The standard InChI is InChI=1S/C15H19F2N3O.HI/c1-18-15(20-12-6-2-3-7-12)19-10-11-5-4-8-13(9-11)21-14(16)17;/h2-5,8-9,12,14H,6-7,10H2,1H3,(H2,18,19,20);1H. The number of nitrogens with one attached hydrogen (secondary N) is 2. The Morgan fingerprint density at radius 3 is 2.73 bits per heavy atom. The van der Waals surface area contributed by atoms with Crippen LogP contribution in [0.5, 0.6) is 5.75 Å². The second kappa shape index (κ2) is 9.60. The van der Waals surface area contributed by atoms with E-state index in [2.05, 4.69) is 32.5 Å². The predicted octanol–water partition coefficient (Wildman–Crippen LogP) is 3.29. The first-order valence-electron chi connectivity index (χ1n) is 6.83. The maximum Gasteiger partial charge on any atom is 0.387 e. The second-order valence-corrected chi connectivity index (χ2v) is 4.74. The molecule has 1 aromatic rings. The zero-order valence-corrected chi connectivity index (χ0v) is 14.6. The largest absolute Gasteiger partial charge is 0.435 e. The third-order valence-electron chi connectivity index (χ3n) is 3.16. The smallest absolute Gasteiger partial charge is 0.387 e. The van der Waals surface area contributed by atoms with Crippen molar-refractivity contribution in [3.63, 3.8) is 0 Å². The van der Waals surface area contributed by atoms with Crippen LogP contribution in [0.3, 0.4) is 0 Å². The number of benzene rings is 1. The van der Waals surface area contributed by atoms with Crippen LogP contribution >= 0.6 is 24.0 Å². The van der Waals surface area contributed by atoms with Crippen LogP contribution < -0.4 is 15.4 Å². The van der Waals surface area contributed by atoms with Gasteiger partial charge in [-0.15, -0.1) is 24.0 Å². The quantitative estimate of drug-likeness (QED) is 0.331. The van der Waals surface area contributed by atoms with Gasteiger partial charge in [0.05, 0.1) is 0 Å². The lowest BCUT2D eigenvalue weighted by atomic mass is 10.2. The Morgan fingerprint density at radius 1 is 1.36 bits per heavy atom. The minimum atomic E-state index is -2.81. The van der Waals surface area contributed by atoms with E-state index in [4.69, 9.17) is 0 Å². The second-order valence-electron chi connectivity index (χ2n) is 4.74. The Morgan fingerprint density at radius 2 is 2.09 bits per heavy atom. The summed E-state index contributed by atoms with van der Waals surface area (Å²) in [5.74, 6) is 0.858. The van der Waals surface area contributed by atoms with Crippen molar-refractivity contribution in [2.24, 2.45) is 4.99 Å². The SMILES string of the molecule is CN=C(NCc1cccc(OC(F)F)c1)NC1CC=CC1.I. The molecule has 122 valence electrons. The molecule has 0 heterocycles. The van der Waals surface area contributed by atoms with E-state index in [9.17, 15) is 8.78 Å². The summed E-state index contributed by atoms with van der Waals surface area (Å²) in [4.78, 5) is 4.15. The number of alkyl halides is 2. The van der Waals surface area contributed by atoms with Gasteiger partial charge in [-0.1, -0.05) is 24.3 Å². The third-order valence-corrected chi connectivity index (χ3v) is 3.16. The molecule has 0 spiro atoms. The molecule has 1 aliphatic rings. The van der Waals surface area contributed by atoms with Crippen LogP contribution in [-0.2, 0) is 6.54 Å². The highest BCUT2D eigenvalue weighted by molar-refractivity contribution is 14.0. The van der Waals surface area contributed by atoms with Crippen molar-refractivity contribution in [3.05, 3.63) is 42.0 Å². The van der Waals surface area contributed by atoms with Gasteiger partial charge in [0, 0.05) is 19.6 Å². The zero-order chi connectivity index (χ0) is 15.1. The molecule has 0 saturated carbocycles. The minimum absolute atomic E-state index is 0. The molecule has 2 rings (SSSR count). The van der Waals surface area contributed by atoms with Crippen LogP contribution in [0.25, 0.3) is 0 Å². The Bertz CT molecular complexity index is 515. The summed E-state index contributed by atoms with van der Waals surface area (Å²) in [5, 5.41) is 6.47. The van der Waals surface area contributed by atoms with Gasteiger partial charge < -0.3 is 15.4 Å². The molecule has 0 fully saturated rings. The van der Waals surface area contributed by atoms with Crippen molar-refractivity contribution in [1.82, 2.24) is 10.6 Å². The first kappa shape index (κ1) is 18.7. The van der Waals surface area contributed by atoms with Crippen LogP contribution in [0, 0.1) is 0 Å². The number of hydrogen-bond acceptors (Lipinski definition) is 2. The fourth-order valence-electron chi connectivity index (χ4n) is 2.14. The molecule has 0 atom stereocenters. The highest BCUT2D eigenvalue weighted by Crippen LogP contribution is 2.15. The summed E-state index contributed by atoms with van der Waals surface area (Å²) in [7, 11) is 1.70. The van der Waals surface area contributed by atoms with Gasteiger partial charge in [-0.2, -0.15) is 8.78 Å². The van der Waals surface area contributed by atoms with Gasteiger partial charge in [-0.3, -0.25) is 4.99 Å². The average molecular weight is 423 g/mol. The topological polar surface area (TPSA) is 45.7 Å². The van der Waals surface area contributed by atoms with E-state index in [1.807, 2.05) is 6.07 Å². The Balaban J connectivity index is 0.00000242. The molecule has 0 aliphatic heterocycles. The summed E-state index contributed by atoms with van der Waals surface area (Å²) in [6.07, 6.45) is 6.24. The van der Waals surface area contributed by atoms with E-state index >= 15 is 0 Å². The number of rotatable bonds is 5. The van der Waals surface area contributed by atoms with E-state index in [0.717, 1.165) is 18.4 Å². The highest BCUT2D eigenvalue weighted by Gasteiger charge is 2.11. The lowest BCUT2D eigenvalue weighted by Gasteiger charge is -2.17. The Hall–Kier alpha value is -1.38. The lowest BCUT2D eigenvalue weighted by molar-refractivity contribution is -0.0498. The molecular formula is C15H20F2IN3O. The first-order valence-corrected chi connectivity index (χ1v) is 6.83. The molecule has 22 heavy (non-hydrogen) atoms. The maximum absolute atomic E-state index is 12.2. The van der Waals surface area contributed by atoms with Gasteiger partial charge in [0.15, 0.2) is 5.96 Å². The zero-order valence-electron chi connectivity index (χ0n) is 12.3. The van der Waals surface area contributed by atoms with Crippen molar-refractivity contribution in [1.29, 1.82) is 0 Å². The molecule has 4 nitrogen and oxygen atoms in total. The van der Waals surface area contributed by atoms with Crippen LogP contribution in [0.2, 0.25) is 0 Å². The molecule has 0 unspecified atom stereocenters. The normalized spacial score (nSPS) is 14.8. The number of halogens is 3. The molecule has 0 aromatic heterocycles. The summed E-state index contributed by atoms with van der Waals surface area (Å²) in [5.41, 5.74) is 0.848. The van der Waals surface area contributed by atoms with Gasteiger partial charge in [-0.25, -0.2) is 0 Å². The maximum atomic E-state index is 12.2. The van der Waals surface area contributed by atoms with Crippen LogP contribution in [0.1, 0.15) is 18.4 Å². The van der Waals surface area contributed by atoms with Crippen LogP contribution in [0.15, 0.2) is 41.4 Å². The van der Waals surface area contributed by atoms with Gasteiger partial charge >= 0.3 is 6.61 Å². The molecule has 1 aromatic carbocycles. The summed E-state index contributed by atoms with van der Waals surface area (Å²) < 4.78 is 28.7. The van der Waals surface area contributed by atoms with Crippen LogP contribution in [0.4, 0.5) is 8.78 Å². The fraction of sp³-hybridized carbons (Fsp3) is 0.400. The van der Waals surface area contributed by atoms with Crippen LogP contribution in [-0.4, -0.2) is 25.7 Å². The number of nitrogens with zero attached hydrogens (tertiary/aromatic N) is 1. The van der Waals surface area contributed by atoms with Gasteiger partial charge in [0.25, 0.3) is 0 Å². The van der Waals surface area contributed by atoms with Crippen molar-refractivity contribution >= 4 is 29.9 Å². The van der Waals surface area contributed by atoms with E-state index in [-0.39, 0.29) is 29.7 Å². The lowest BCUT2D eigenvalue weighted by Crippen LogP contribution is -2.42. The summed E-state index contributed by atoms with van der Waals surface area (Å²) >= 11 is 0. The highest BCUT2D eigenvalue weighted by atomic mass is 127. The summed E-state index contributed by atoms with van der Waals surface area (Å²) in [6, 6.07) is 6.99. The molecule has 2 N–H and O–H groups in total. The molecule has 0 bridgehead atoms. The van der Waals surface area contributed by atoms with E-state index in [1.165, 1.54) is 6.07 Å². The van der Waals surface area contributed by atoms with Gasteiger partial charge in [0.2, 0.25) is 0 Å². The van der Waals surface area contributed by atoms with Gasteiger partial charge in [-0.05, 0) is 30.5 Å². The minimum Gasteiger partial charge on any atom is -0.435 e. The van der Waals surface area contributed by atoms with E-state index in [1.54, 1.807) is 19.2 Å². The molecule has 1 aliphatic carbocycles. The molecule has 0 saturated heterocycles. The number of ether oxygens (including phenoxy) is 1. The summed E-state index contributed by atoms with van der Waals surface area (Å²) in [6.45, 7) is -2.32. The average Bonchev–Trinajstić information content (AvgIpc) is 2.96. The Labute approximate surface area is 146 Å². The molecular weight excluding hydrogens is 403 g/mol.